The lowest BCUT2D eigenvalue weighted by Gasteiger charge is -2.16. The molecular formula is C22H18F3N3O4S. The molecule has 0 bridgehead atoms. The summed E-state index contributed by atoms with van der Waals surface area (Å²) in [6.45, 7) is 1.04. The molecule has 2 aromatic heterocycles. The molecule has 4 rings (SSSR count). The molecule has 33 heavy (non-hydrogen) atoms. The molecule has 0 unspecified atom stereocenters. The first-order valence-electron chi connectivity index (χ1n) is 9.64. The van der Waals surface area contributed by atoms with E-state index in [1.807, 2.05) is 54.6 Å². The van der Waals surface area contributed by atoms with E-state index < -0.39 is 12.1 Å². The minimum absolute atomic E-state index is 0.0254. The topological polar surface area (TPSA) is 99.6 Å². The van der Waals surface area contributed by atoms with Gasteiger partial charge in [-0.3, -0.25) is 14.6 Å². The lowest BCUT2D eigenvalue weighted by atomic mass is 10.2. The average molecular weight is 477 g/mol. The number of hydrogen-bond acceptors (Lipinski definition) is 5. The van der Waals surface area contributed by atoms with Gasteiger partial charge in [-0.2, -0.15) is 13.2 Å². The van der Waals surface area contributed by atoms with Crippen molar-refractivity contribution in [1.29, 1.82) is 0 Å². The van der Waals surface area contributed by atoms with Crippen LogP contribution in [0.25, 0.3) is 0 Å². The number of carbonyl (C=O) groups excluding carboxylic acids is 2. The molecule has 7 nitrogen and oxygen atoms in total. The van der Waals surface area contributed by atoms with Gasteiger partial charge in [0.1, 0.15) is 0 Å². The number of aromatic nitrogens is 1. The normalized spacial score (nSPS) is 12.4. The minimum Gasteiger partial charge on any atom is -0.475 e. The summed E-state index contributed by atoms with van der Waals surface area (Å²) in [4.78, 5) is 41.7. The molecule has 0 aliphatic carbocycles. The predicted octanol–water partition coefficient (Wildman–Crippen LogP) is 3.91. The molecule has 172 valence electrons. The van der Waals surface area contributed by atoms with Gasteiger partial charge in [-0.25, -0.2) is 4.79 Å². The zero-order valence-electron chi connectivity index (χ0n) is 17.0. The Labute approximate surface area is 190 Å². The maximum absolute atomic E-state index is 12.7. The first kappa shape index (κ1) is 23.9. The van der Waals surface area contributed by atoms with Gasteiger partial charge in [0.15, 0.2) is 0 Å². The standard InChI is InChI=1S/C20H17N3O2S.C2HF3O2/c24-19(22-13-15-8-4-5-10-21-15)18-12-16-17(26-18)9-11-23(16)20(25)14-6-2-1-3-7-14;3-2(4,5)1(6)7/h1-8,10,12H,9,11,13H2,(H,22,24);(H,6,7). The van der Waals surface area contributed by atoms with Gasteiger partial charge >= 0.3 is 12.1 Å². The third kappa shape index (κ3) is 6.16. The van der Waals surface area contributed by atoms with Gasteiger partial charge < -0.3 is 15.3 Å². The molecule has 1 aliphatic heterocycles. The Bertz CT molecular complexity index is 1130. The van der Waals surface area contributed by atoms with Crippen LogP contribution in [0.4, 0.5) is 18.9 Å². The highest BCUT2D eigenvalue weighted by molar-refractivity contribution is 7.14. The van der Waals surface area contributed by atoms with E-state index in [9.17, 15) is 22.8 Å². The molecule has 3 heterocycles. The molecule has 0 fully saturated rings. The lowest BCUT2D eigenvalue weighted by Crippen LogP contribution is -2.29. The van der Waals surface area contributed by atoms with Crippen LogP contribution in [0.3, 0.4) is 0 Å². The summed E-state index contributed by atoms with van der Waals surface area (Å²) in [7, 11) is 0. The summed E-state index contributed by atoms with van der Waals surface area (Å²) >= 11 is 1.46. The second kappa shape index (κ2) is 10.3. The van der Waals surface area contributed by atoms with Crippen LogP contribution in [-0.4, -0.2) is 40.6 Å². The van der Waals surface area contributed by atoms with Gasteiger partial charge in [0.25, 0.3) is 11.8 Å². The molecule has 2 amide bonds. The summed E-state index contributed by atoms with van der Waals surface area (Å²) in [5, 5.41) is 10.0. The molecule has 0 radical (unpaired) electrons. The fraction of sp³-hybridized carbons (Fsp3) is 0.182. The smallest absolute Gasteiger partial charge is 0.475 e. The molecule has 2 N–H and O–H groups in total. The number of aliphatic carboxylic acids is 1. The number of pyridine rings is 1. The number of alkyl halides is 3. The minimum atomic E-state index is -5.08. The van der Waals surface area contributed by atoms with Gasteiger partial charge in [0.05, 0.1) is 22.8 Å². The number of fused-ring (bicyclic) bond motifs is 1. The largest absolute Gasteiger partial charge is 0.490 e. The number of nitrogens with one attached hydrogen (secondary N) is 1. The van der Waals surface area contributed by atoms with Gasteiger partial charge in [-0.05, 0) is 30.3 Å². The Morgan fingerprint density at radius 1 is 1.09 bits per heavy atom. The number of rotatable bonds is 4. The van der Waals surface area contributed by atoms with E-state index >= 15 is 0 Å². The molecule has 0 saturated carbocycles. The first-order valence-corrected chi connectivity index (χ1v) is 10.5. The van der Waals surface area contributed by atoms with Crippen molar-refractivity contribution in [2.45, 2.75) is 19.1 Å². The zero-order valence-corrected chi connectivity index (χ0v) is 17.8. The molecule has 11 heteroatoms. The molecule has 3 aromatic rings. The van der Waals surface area contributed by atoms with Crippen molar-refractivity contribution in [3.63, 3.8) is 0 Å². The van der Waals surface area contributed by atoms with Crippen LogP contribution < -0.4 is 10.2 Å². The molecule has 0 spiro atoms. The van der Waals surface area contributed by atoms with Crippen molar-refractivity contribution in [3.05, 3.63) is 81.8 Å². The number of nitrogens with zero attached hydrogens (tertiary/aromatic N) is 2. The van der Waals surface area contributed by atoms with Crippen molar-refractivity contribution in [2.24, 2.45) is 0 Å². The van der Waals surface area contributed by atoms with Crippen LogP contribution in [0.1, 0.15) is 30.6 Å². The predicted molar refractivity (Wildman–Crippen MR) is 115 cm³/mol. The quantitative estimate of drug-likeness (QED) is 0.594. The number of carbonyl (C=O) groups is 3. The third-order valence-electron chi connectivity index (χ3n) is 4.53. The Morgan fingerprint density at radius 3 is 2.36 bits per heavy atom. The maximum Gasteiger partial charge on any atom is 0.490 e. The van der Waals surface area contributed by atoms with Crippen LogP contribution >= 0.6 is 11.3 Å². The van der Waals surface area contributed by atoms with Crippen molar-refractivity contribution in [1.82, 2.24) is 10.3 Å². The summed E-state index contributed by atoms with van der Waals surface area (Å²) in [6.07, 6.45) is -2.60. The second-order valence-corrected chi connectivity index (χ2v) is 7.94. The number of halogens is 3. The summed E-state index contributed by atoms with van der Waals surface area (Å²) in [5.74, 6) is -2.92. The number of hydrogen-bond donors (Lipinski definition) is 2. The Kier molecular flexibility index (Phi) is 7.44. The third-order valence-corrected chi connectivity index (χ3v) is 5.71. The molecule has 0 saturated heterocycles. The van der Waals surface area contributed by atoms with Crippen LogP contribution in [0.2, 0.25) is 0 Å². The van der Waals surface area contributed by atoms with Crippen LogP contribution in [0.5, 0.6) is 0 Å². The number of amides is 2. The molecule has 1 aliphatic rings. The van der Waals surface area contributed by atoms with E-state index in [4.69, 9.17) is 9.90 Å². The Hall–Kier alpha value is -3.73. The number of benzene rings is 1. The number of thiophene rings is 1. The monoisotopic (exact) mass is 477 g/mol. The van der Waals surface area contributed by atoms with E-state index in [-0.39, 0.29) is 11.8 Å². The molecular weight excluding hydrogens is 459 g/mol. The van der Waals surface area contributed by atoms with Gasteiger partial charge in [0, 0.05) is 29.6 Å². The fourth-order valence-corrected chi connectivity index (χ4v) is 4.05. The van der Waals surface area contributed by atoms with Gasteiger partial charge in [-0.1, -0.05) is 24.3 Å². The SMILES string of the molecule is O=C(NCc1ccccn1)c1cc2c(s1)CCN2C(=O)c1ccccc1.O=C(O)C(F)(F)F. The summed E-state index contributed by atoms with van der Waals surface area (Å²) < 4.78 is 31.7. The number of carboxylic acids is 1. The number of carboxylic acid groups (broad SMARTS) is 1. The zero-order chi connectivity index (χ0) is 24.0. The Balaban J connectivity index is 0.000000383. The molecule has 0 atom stereocenters. The van der Waals surface area contributed by atoms with Crippen molar-refractivity contribution >= 4 is 34.8 Å². The Morgan fingerprint density at radius 2 is 1.76 bits per heavy atom. The molecule has 1 aromatic carbocycles. The van der Waals surface area contributed by atoms with Crippen molar-refractivity contribution in [3.8, 4) is 0 Å². The van der Waals surface area contributed by atoms with E-state index in [1.165, 1.54) is 11.3 Å². The van der Waals surface area contributed by atoms with Crippen LogP contribution in [0.15, 0.2) is 60.8 Å². The van der Waals surface area contributed by atoms with E-state index in [0.717, 1.165) is 22.7 Å². The van der Waals surface area contributed by atoms with Gasteiger partial charge in [0.2, 0.25) is 0 Å². The first-order chi connectivity index (χ1) is 15.7. The maximum atomic E-state index is 12.7. The van der Waals surface area contributed by atoms with E-state index in [2.05, 4.69) is 10.3 Å². The van der Waals surface area contributed by atoms with Crippen molar-refractivity contribution in [2.75, 3.05) is 11.4 Å². The van der Waals surface area contributed by atoms with Crippen LogP contribution in [0, 0.1) is 0 Å². The van der Waals surface area contributed by atoms with E-state index in [0.29, 0.717) is 23.5 Å². The highest BCUT2D eigenvalue weighted by atomic mass is 32.1. The van der Waals surface area contributed by atoms with Crippen LogP contribution in [-0.2, 0) is 17.8 Å². The highest BCUT2D eigenvalue weighted by Gasteiger charge is 2.38. The van der Waals surface area contributed by atoms with Gasteiger partial charge in [-0.15, -0.1) is 11.3 Å². The fourth-order valence-electron chi connectivity index (χ4n) is 2.98. The summed E-state index contributed by atoms with van der Waals surface area (Å²) in [5.41, 5.74) is 2.32. The van der Waals surface area contributed by atoms with Crippen molar-refractivity contribution < 1.29 is 32.7 Å². The highest BCUT2D eigenvalue weighted by Crippen LogP contribution is 2.36. The second-order valence-electron chi connectivity index (χ2n) is 6.80. The number of anilines is 1. The van der Waals surface area contributed by atoms with E-state index in [1.54, 1.807) is 11.1 Å². The summed E-state index contributed by atoms with van der Waals surface area (Å²) in [6, 6.07) is 16.6. The average Bonchev–Trinajstić information content (AvgIpc) is 3.39. The lowest BCUT2D eigenvalue weighted by molar-refractivity contribution is -0.192.